The zero-order valence-corrected chi connectivity index (χ0v) is 34.4. The molecule has 0 fully saturated rings. The molecule has 0 aromatic rings. The van der Waals surface area contributed by atoms with Crippen LogP contribution in [0.2, 0.25) is 0 Å². The van der Waals surface area contributed by atoms with Crippen LogP contribution in [-0.2, 0) is 4.79 Å². The second-order valence-corrected chi connectivity index (χ2v) is 15.5. The fourth-order valence-electron chi connectivity index (χ4n) is 6.84. The first kappa shape index (κ1) is 49.6. The highest BCUT2D eigenvalue weighted by atomic mass is 16.3. The minimum Gasteiger partial charge on any atom is -0.394 e. The lowest BCUT2D eigenvalue weighted by molar-refractivity contribution is -0.123. The Balaban J connectivity index is 3.61. The van der Waals surface area contributed by atoms with Crippen molar-refractivity contribution in [2.45, 2.75) is 251 Å². The normalized spacial score (nSPS) is 13.3. The second-order valence-electron chi connectivity index (χ2n) is 15.5. The lowest BCUT2D eigenvalue weighted by Gasteiger charge is -2.19. The van der Waals surface area contributed by atoms with Gasteiger partial charge in [-0.3, -0.25) is 4.79 Å². The molecule has 0 aromatic carbocycles. The van der Waals surface area contributed by atoms with E-state index in [2.05, 4.69) is 43.5 Å². The maximum atomic E-state index is 12.4. The molecular weight excluding hydrogens is 627 g/mol. The smallest absolute Gasteiger partial charge is 0.220 e. The number of hydrogen-bond donors (Lipinski definition) is 3. The molecule has 0 radical (unpaired) electrons. The molecule has 1 amide bonds. The summed E-state index contributed by atoms with van der Waals surface area (Å²) in [6.45, 7) is 4.30. The molecule has 0 saturated carbocycles. The van der Waals surface area contributed by atoms with Gasteiger partial charge in [-0.1, -0.05) is 211 Å². The number of aliphatic hydroxyl groups is 2. The van der Waals surface area contributed by atoms with Crippen molar-refractivity contribution in [3.05, 3.63) is 36.5 Å². The van der Waals surface area contributed by atoms with E-state index < -0.39 is 12.1 Å². The summed E-state index contributed by atoms with van der Waals surface area (Å²) < 4.78 is 0. The van der Waals surface area contributed by atoms with Crippen LogP contribution in [0.1, 0.15) is 239 Å². The Bertz CT molecular complexity index is 775. The number of aliphatic hydroxyl groups excluding tert-OH is 2. The summed E-state index contributed by atoms with van der Waals surface area (Å²) in [5, 5.41) is 23.0. The Labute approximate surface area is 319 Å². The number of amides is 1. The molecule has 0 bridgehead atoms. The molecule has 0 heterocycles. The molecule has 2 atom stereocenters. The van der Waals surface area contributed by atoms with Crippen LogP contribution >= 0.6 is 0 Å². The van der Waals surface area contributed by atoms with Crippen LogP contribution in [0.5, 0.6) is 0 Å². The van der Waals surface area contributed by atoms with Gasteiger partial charge in [-0.25, -0.2) is 0 Å². The summed E-state index contributed by atoms with van der Waals surface area (Å²) in [5.41, 5.74) is 0. The summed E-state index contributed by atoms with van der Waals surface area (Å²) in [6, 6.07) is -0.642. The van der Waals surface area contributed by atoms with Gasteiger partial charge in [-0.05, 0) is 57.8 Å². The monoisotopic (exact) mass is 716 g/mol. The molecule has 0 spiro atoms. The summed E-state index contributed by atoms with van der Waals surface area (Å²) in [7, 11) is 0. The van der Waals surface area contributed by atoms with Gasteiger partial charge in [-0.15, -0.1) is 0 Å². The zero-order chi connectivity index (χ0) is 37.1. The lowest BCUT2D eigenvalue weighted by atomic mass is 10.0. The van der Waals surface area contributed by atoms with Crippen LogP contribution in [0.25, 0.3) is 0 Å². The first-order valence-corrected chi connectivity index (χ1v) is 22.7. The third kappa shape index (κ3) is 39.6. The topological polar surface area (TPSA) is 69.6 Å². The number of allylic oxidation sites excluding steroid dienone is 5. The third-order valence-corrected chi connectivity index (χ3v) is 10.3. The minimum atomic E-state index is -0.864. The van der Waals surface area contributed by atoms with Gasteiger partial charge >= 0.3 is 0 Å². The summed E-state index contributed by atoms with van der Waals surface area (Å²) in [4.78, 5) is 12.4. The van der Waals surface area contributed by atoms with Gasteiger partial charge in [0.1, 0.15) is 0 Å². The van der Waals surface area contributed by atoms with E-state index in [1.54, 1.807) is 6.08 Å². The van der Waals surface area contributed by atoms with Crippen molar-refractivity contribution in [1.82, 2.24) is 5.32 Å². The average molecular weight is 716 g/mol. The van der Waals surface area contributed by atoms with E-state index in [0.717, 1.165) is 44.9 Å². The van der Waals surface area contributed by atoms with E-state index in [0.29, 0.717) is 6.42 Å². The highest BCUT2D eigenvalue weighted by molar-refractivity contribution is 5.76. The minimum absolute atomic E-state index is 0.0809. The number of unbranched alkanes of at least 4 members (excludes halogenated alkanes) is 30. The third-order valence-electron chi connectivity index (χ3n) is 10.3. The molecule has 2 unspecified atom stereocenters. The molecule has 0 aliphatic carbocycles. The summed E-state index contributed by atoms with van der Waals surface area (Å²) in [6.07, 6.45) is 56.9. The van der Waals surface area contributed by atoms with Crippen molar-refractivity contribution in [2.75, 3.05) is 6.61 Å². The van der Waals surface area contributed by atoms with Crippen molar-refractivity contribution in [1.29, 1.82) is 0 Å². The molecule has 3 N–H and O–H groups in total. The molecule has 300 valence electrons. The Morgan fingerprint density at radius 1 is 0.451 bits per heavy atom. The summed E-state index contributed by atoms with van der Waals surface area (Å²) >= 11 is 0. The van der Waals surface area contributed by atoms with Crippen LogP contribution in [0.3, 0.4) is 0 Å². The fraction of sp³-hybridized carbons (Fsp3) is 0.851. The van der Waals surface area contributed by atoms with Gasteiger partial charge < -0.3 is 15.5 Å². The first-order chi connectivity index (χ1) is 25.2. The van der Waals surface area contributed by atoms with E-state index in [1.165, 1.54) is 173 Å². The van der Waals surface area contributed by atoms with E-state index in [-0.39, 0.29) is 12.5 Å². The number of carbonyl (C=O) groups excluding carboxylic acids is 1. The van der Waals surface area contributed by atoms with Crippen molar-refractivity contribution >= 4 is 5.91 Å². The van der Waals surface area contributed by atoms with E-state index >= 15 is 0 Å². The second kappa shape index (κ2) is 43.0. The van der Waals surface area contributed by atoms with Crippen LogP contribution in [-0.4, -0.2) is 34.9 Å². The Hall–Kier alpha value is -1.39. The molecule has 0 saturated heterocycles. The Morgan fingerprint density at radius 2 is 0.765 bits per heavy atom. The number of nitrogens with one attached hydrogen (secondary N) is 1. The van der Waals surface area contributed by atoms with Gasteiger partial charge in [-0.2, -0.15) is 0 Å². The molecule has 0 aliphatic rings. The van der Waals surface area contributed by atoms with Crippen molar-refractivity contribution in [3.8, 4) is 0 Å². The maximum absolute atomic E-state index is 12.4. The molecular formula is C47H89NO3. The zero-order valence-electron chi connectivity index (χ0n) is 34.4. The van der Waals surface area contributed by atoms with Gasteiger partial charge in [0, 0.05) is 6.42 Å². The van der Waals surface area contributed by atoms with Crippen LogP contribution in [0.15, 0.2) is 36.5 Å². The lowest BCUT2D eigenvalue weighted by Crippen LogP contribution is -2.45. The van der Waals surface area contributed by atoms with Gasteiger partial charge in [0.2, 0.25) is 5.91 Å². The average Bonchev–Trinajstić information content (AvgIpc) is 3.13. The predicted molar refractivity (Wildman–Crippen MR) is 225 cm³/mol. The van der Waals surface area contributed by atoms with Crippen molar-refractivity contribution < 1.29 is 15.0 Å². The van der Waals surface area contributed by atoms with Gasteiger partial charge in [0.25, 0.3) is 0 Å². The number of carbonyl (C=O) groups is 1. The molecule has 4 nitrogen and oxygen atoms in total. The fourth-order valence-corrected chi connectivity index (χ4v) is 6.84. The number of rotatable bonds is 41. The molecule has 0 aromatic heterocycles. The highest BCUT2D eigenvalue weighted by Gasteiger charge is 2.17. The van der Waals surface area contributed by atoms with Crippen LogP contribution < -0.4 is 5.32 Å². The maximum Gasteiger partial charge on any atom is 0.220 e. The van der Waals surface area contributed by atoms with Crippen molar-refractivity contribution in [3.63, 3.8) is 0 Å². The van der Waals surface area contributed by atoms with E-state index in [9.17, 15) is 15.0 Å². The standard InChI is InChI=1S/C47H89NO3/c1-3-5-7-9-11-13-15-17-19-21-23-24-25-26-28-30-32-34-36-38-40-42-46(50)45(44-49)48-47(51)43-41-39-37-35-33-31-29-27-22-20-18-16-14-12-10-8-6-4-2/h27,29,32,34,40,42,45-46,49-50H,3-26,28,30-31,33,35-39,41,43-44H2,1-2H3,(H,48,51)/b29-27-,34-32+,42-40+. The van der Waals surface area contributed by atoms with Gasteiger partial charge in [0.05, 0.1) is 18.8 Å². The van der Waals surface area contributed by atoms with Crippen molar-refractivity contribution in [2.24, 2.45) is 0 Å². The predicted octanol–water partition coefficient (Wildman–Crippen LogP) is 14.2. The van der Waals surface area contributed by atoms with E-state index in [4.69, 9.17) is 0 Å². The molecule has 0 aliphatic heterocycles. The molecule has 4 heteroatoms. The van der Waals surface area contributed by atoms with Gasteiger partial charge in [0.15, 0.2) is 0 Å². The summed E-state index contributed by atoms with van der Waals surface area (Å²) in [5.74, 6) is -0.0809. The highest BCUT2D eigenvalue weighted by Crippen LogP contribution is 2.15. The quantitative estimate of drug-likeness (QED) is 0.0436. The SMILES string of the molecule is CCCCCCCCCCC/C=C\CCCCCCCC(=O)NC(CO)C(O)/C=C/CC/C=C/CCCCCCCCCCCCCCCCC. The first-order valence-electron chi connectivity index (χ1n) is 22.7. The van der Waals surface area contributed by atoms with Crippen LogP contribution in [0, 0.1) is 0 Å². The van der Waals surface area contributed by atoms with Crippen LogP contribution in [0.4, 0.5) is 0 Å². The largest absolute Gasteiger partial charge is 0.394 e. The Kier molecular flexibility index (Phi) is 41.8. The number of hydrogen-bond acceptors (Lipinski definition) is 3. The molecule has 51 heavy (non-hydrogen) atoms. The molecule has 0 rings (SSSR count). The Morgan fingerprint density at radius 3 is 1.14 bits per heavy atom. The van der Waals surface area contributed by atoms with E-state index in [1.807, 2.05) is 6.08 Å².